The summed E-state index contributed by atoms with van der Waals surface area (Å²) < 4.78 is 80.4. The third-order valence-electron chi connectivity index (χ3n) is 5.25. The number of hydrogen-bond donors (Lipinski definition) is 1. The van der Waals surface area contributed by atoms with Gasteiger partial charge in [-0.05, 0) is 36.8 Å². The van der Waals surface area contributed by atoms with Crippen LogP contribution in [0.4, 0.5) is 32.2 Å². The van der Waals surface area contributed by atoms with Crippen LogP contribution >= 0.6 is 0 Å². The van der Waals surface area contributed by atoms with Crippen LogP contribution in [0.1, 0.15) is 17.5 Å². The maximum Gasteiger partial charge on any atom is 0.416 e. The summed E-state index contributed by atoms with van der Waals surface area (Å²) in [7, 11) is 0. The van der Waals surface area contributed by atoms with Gasteiger partial charge in [-0.2, -0.15) is 26.3 Å². The van der Waals surface area contributed by atoms with Gasteiger partial charge in [-0.15, -0.1) is 5.73 Å². The van der Waals surface area contributed by atoms with Crippen LogP contribution in [0.3, 0.4) is 0 Å². The summed E-state index contributed by atoms with van der Waals surface area (Å²) in [5.41, 5.74) is 0.354. The van der Waals surface area contributed by atoms with Crippen molar-refractivity contribution in [1.82, 2.24) is 14.9 Å². The molecule has 0 atom stereocenters. The van der Waals surface area contributed by atoms with Crippen LogP contribution in [0.2, 0.25) is 0 Å². The minimum absolute atomic E-state index is 0.0602. The second-order valence-corrected chi connectivity index (χ2v) is 7.94. The molecule has 0 saturated carbocycles. The molecule has 36 heavy (non-hydrogen) atoms. The lowest BCUT2D eigenvalue weighted by molar-refractivity contribution is -0.143. The molecule has 2 heterocycles. The van der Waals surface area contributed by atoms with Crippen LogP contribution in [-0.4, -0.2) is 28.0 Å². The first-order valence-electron chi connectivity index (χ1n) is 10.9. The Labute approximate surface area is 203 Å². The lowest BCUT2D eigenvalue weighted by Crippen LogP contribution is -2.16. The molecule has 1 aliphatic heterocycles. The second kappa shape index (κ2) is 10.3. The Morgan fingerprint density at radius 3 is 2.14 bits per heavy atom. The molecule has 0 aliphatic carbocycles. The van der Waals surface area contributed by atoms with Crippen molar-refractivity contribution in [2.45, 2.75) is 18.8 Å². The number of nitrogens with zero attached hydrogens (tertiary/aromatic N) is 3. The van der Waals surface area contributed by atoms with Gasteiger partial charge in [0.15, 0.2) is 5.82 Å². The highest BCUT2D eigenvalue weighted by Crippen LogP contribution is 2.38. The van der Waals surface area contributed by atoms with Gasteiger partial charge in [0, 0.05) is 42.7 Å². The Morgan fingerprint density at radius 2 is 1.53 bits per heavy atom. The van der Waals surface area contributed by atoms with Crippen molar-refractivity contribution in [1.29, 1.82) is 0 Å². The van der Waals surface area contributed by atoms with Gasteiger partial charge in [-0.3, -0.25) is 0 Å². The first-order chi connectivity index (χ1) is 17.1. The van der Waals surface area contributed by atoms with Gasteiger partial charge in [-0.1, -0.05) is 30.3 Å². The highest BCUT2D eigenvalue weighted by atomic mass is 19.4. The van der Waals surface area contributed by atoms with Crippen molar-refractivity contribution in [3.8, 4) is 22.6 Å². The zero-order valence-corrected chi connectivity index (χ0v) is 18.7. The monoisotopic (exact) mass is 502 g/mol. The fourth-order valence-corrected chi connectivity index (χ4v) is 3.51. The summed E-state index contributed by atoms with van der Waals surface area (Å²) in [6, 6.07) is 11.4. The van der Waals surface area contributed by atoms with Crippen LogP contribution in [0, 0.1) is 0 Å². The van der Waals surface area contributed by atoms with Gasteiger partial charge >= 0.3 is 12.4 Å². The van der Waals surface area contributed by atoms with Crippen LogP contribution < -0.4 is 5.32 Å². The molecule has 1 aliphatic rings. The average Bonchev–Trinajstić information content (AvgIpc) is 2.86. The summed E-state index contributed by atoms with van der Waals surface area (Å²) in [6.45, 7) is 1.14. The molecule has 4 nitrogen and oxygen atoms in total. The van der Waals surface area contributed by atoms with E-state index in [0.29, 0.717) is 37.2 Å². The molecule has 186 valence electrons. The molecule has 1 N–H and O–H groups in total. The number of rotatable bonds is 7. The number of aromatic nitrogens is 2. The van der Waals surface area contributed by atoms with E-state index in [4.69, 9.17) is 0 Å². The normalized spacial score (nSPS) is 13.3. The van der Waals surface area contributed by atoms with Crippen molar-refractivity contribution in [2.75, 3.05) is 18.4 Å². The van der Waals surface area contributed by atoms with Crippen molar-refractivity contribution in [2.24, 2.45) is 0 Å². The van der Waals surface area contributed by atoms with Crippen molar-refractivity contribution in [3.05, 3.63) is 96.0 Å². The Balaban J connectivity index is 1.69. The minimum atomic E-state index is -4.96. The first-order valence-corrected chi connectivity index (χ1v) is 10.9. The Hall–Kier alpha value is -4.04. The third-order valence-corrected chi connectivity index (χ3v) is 5.25. The van der Waals surface area contributed by atoms with Crippen molar-refractivity contribution in [3.63, 3.8) is 0 Å². The zero-order valence-electron chi connectivity index (χ0n) is 18.7. The second-order valence-electron chi connectivity index (χ2n) is 7.94. The molecule has 0 unspecified atom stereocenters. The van der Waals surface area contributed by atoms with E-state index in [0.717, 1.165) is 0 Å². The van der Waals surface area contributed by atoms with E-state index in [2.05, 4.69) is 21.0 Å². The number of benzene rings is 2. The van der Waals surface area contributed by atoms with Gasteiger partial charge in [-0.25, -0.2) is 9.97 Å². The van der Waals surface area contributed by atoms with Gasteiger partial charge < -0.3 is 10.2 Å². The molecule has 2 aromatic carbocycles. The number of alkyl halides is 6. The smallest absolute Gasteiger partial charge is 0.370 e. The number of nitrogens with one attached hydrogen (secondary N) is 1. The highest BCUT2D eigenvalue weighted by Gasteiger charge is 2.37. The molecular formula is C26H20F6N4. The number of allylic oxidation sites excluding steroid dienone is 2. The number of halogens is 6. The maximum absolute atomic E-state index is 13.4. The van der Waals surface area contributed by atoms with E-state index in [1.54, 1.807) is 42.6 Å². The topological polar surface area (TPSA) is 41.0 Å². The van der Waals surface area contributed by atoms with Crippen molar-refractivity contribution >= 4 is 5.82 Å². The van der Waals surface area contributed by atoms with Crippen LogP contribution in [-0.2, 0) is 12.4 Å². The molecule has 0 bridgehead atoms. The van der Waals surface area contributed by atoms with Crippen LogP contribution in [0.15, 0.2) is 84.9 Å². The number of anilines is 1. The summed E-state index contributed by atoms with van der Waals surface area (Å²) in [5.74, 6) is 0.461. The molecule has 10 heteroatoms. The maximum atomic E-state index is 13.4. The van der Waals surface area contributed by atoms with Crippen LogP contribution in [0.25, 0.3) is 22.6 Å². The van der Waals surface area contributed by atoms with E-state index >= 15 is 0 Å². The van der Waals surface area contributed by atoms with Gasteiger partial charge in [0.2, 0.25) is 0 Å². The fourth-order valence-electron chi connectivity index (χ4n) is 3.51. The lowest BCUT2D eigenvalue weighted by Gasteiger charge is -2.17. The van der Waals surface area contributed by atoms with E-state index < -0.39 is 23.5 Å². The van der Waals surface area contributed by atoms with E-state index in [1.807, 2.05) is 17.2 Å². The Morgan fingerprint density at radius 1 is 0.833 bits per heavy atom. The average molecular weight is 502 g/mol. The quantitative estimate of drug-likeness (QED) is 0.212. The highest BCUT2D eigenvalue weighted by molar-refractivity contribution is 5.69. The predicted molar refractivity (Wildman–Crippen MR) is 125 cm³/mol. The molecule has 0 saturated heterocycles. The van der Waals surface area contributed by atoms with E-state index in [-0.39, 0.29) is 29.0 Å². The Kier molecular flexibility index (Phi) is 7.17. The lowest BCUT2D eigenvalue weighted by atomic mass is 10.0. The zero-order chi connectivity index (χ0) is 25.8. The van der Waals surface area contributed by atoms with Gasteiger partial charge in [0.05, 0.1) is 16.8 Å². The summed E-state index contributed by atoms with van der Waals surface area (Å²) in [5, 5.41) is 3.11. The molecule has 4 rings (SSSR count). The van der Waals surface area contributed by atoms with E-state index in [1.165, 1.54) is 6.07 Å². The predicted octanol–water partition coefficient (Wildman–Crippen LogP) is 7.15. The van der Waals surface area contributed by atoms with Gasteiger partial charge in [0.25, 0.3) is 0 Å². The van der Waals surface area contributed by atoms with Crippen LogP contribution in [0.5, 0.6) is 0 Å². The fraction of sp³-hybridized carbons (Fsp3) is 0.192. The molecule has 3 aromatic rings. The summed E-state index contributed by atoms with van der Waals surface area (Å²) >= 11 is 0. The molecule has 0 fully saturated rings. The van der Waals surface area contributed by atoms with Crippen molar-refractivity contribution < 1.29 is 26.3 Å². The molecule has 0 spiro atoms. The third kappa shape index (κ3) is 6.34. The molecular weight excluding hydrogens is 482 g/mol. The minimum Gasteiger partial charge on any atom is -0.370 e. The standard InChI is InChI=1S/C26H20F6N4/c27-25(28,29)20-14-19(15-21(16-20)26(30,31)32)22-17-23(33-10-7-13-36-11-5-2-6-12-36)35-24(34-22)18-8-3-1-4-9-18/h1-5,8-9,11-12,14-17H,7,10,13H2,(H,33,34,35). The van der Waals surface area contributed by atoms with E-state index in [9.17, 15) is 26.3 Å². The summed E-state index contributed by atoms with van der Waals surface area (Å²) in [4.78, 5) is 10.7. The van der Waals surface area contributed by atoms with Gasteiger partial charge in [0.1, 0.15) is 5.82 Å². The largest absolute Gasteiger partial charge is 0.416 e. The molecule has 1 aromatic heterocycles. The SMILES string of the molecule is FC(F)(F)c1cc(-c2cc(NCCCN3C=C=CC=C3)nc(-c3ccccc3)n2)cc(C(F)(F)F)c1. The first kappa shape index (κ1) is 25.1. The molecule has 0 amide bonds. The molecule has 0 radical (unpaired) electrons. The summed E-state index contributed by atoms with van der Waals surface area (Å²) in [6.07, 6.45) is -1.93. The number of hydrogen-bond acceptors (Lipinski definition) is 4. The Bertz CT molecular complexity index is 1270.